The summed E-state index contributed by atoms with van der Waals surface area (Å²) >= 11 is 7.74. The van der Waals surface area contributed by atoms with Crippen molar-refractivity contribution < 1.29 is 28.2 Å². The van der Waals surface area contributed by atoms with Gasteiger partial charge in [-0.2, -0.15) is 5.10 Å². The highest BCUT2D eigenvalue weighted by molar-refractivity contribution is 8.00. The second-order valence-electron chi connectivity index (χ2n) is 10.3. The maximum Gasteiger partial charge on any atom is 0.240 e. The first-order chi connectivity index (χ1) is 22.4. The van der Waals surface area contributed by atoms with Crippen molar-refractivity contribution in [1.29, 1.82) is 0 Å². The van der Waals surface area contributed by atoms with E-state index in [1.807, 2.05) is 54.6 Å². The van der Waals surface area contributed by atoms with Gasteiger partial charge in [0.1, 0.15) is 23.9 Å². The molecule has 0 spiro atoms. The van der Waals surface area contributed by atoms with Gasteiger partial charge in [0.05, 0.1) is 56.5 Å². The molecule has 236 valence electrons. The van der Waals surface area contributed by atoms with Crippen LogP contribution in [0.25, 0.3) is 16.9 Å². The van der Waals surface area contributed by atoms with E-state index in [2.05, 4.69) is 5.32 Å². The number of nitrogens with zero attached hydrogens (tertiary/aromatic N) is 3. The van der Waals surface area contributed by atoms with Crippen LogP contribution in [-0.2, 0) is 16.1 Å². The molecule has 5 aromatic rings. The average Bonchev–Trinajstić information content (AvgIpc) is 3.72. The fraction of sp³-hybridized carbons (Fsp3) is 0.206. The van der Waals surface area contributed by atoms with Crippen LogP contribution in [0.15, 0.2) is 89.5 Å². The molecule has 0 bridgehead atoms. The Kier molecular flexibility index (Phi) is 9.23. The molecular weight excluding hydrogens is 628 g/mol. The number of carbonyl (C=O) groups excluding carboxylic acids is 2. The maximum absolute atomic E-state index is 14.0. The van der Waals surface area contributed by atoms with Crippen molar-refractivity contribution in [3.63, 3.8) is 0 Å². The molecule has 0 radical (unpaired) electrons. The van der Waals surface area contributed by atoms with Gasteiger partial charge in [0, 0.05) is 16.1 Å². The second-order valence-corrected chi connectivity index (χ2v) is 11.9. The fourth-order valence-corrected chi connectivity index (χ4v) is 6.63. The van der Waals surface area contributed by atoms with Gasteiger partial charge >= 0.3 is 0 Å². The van der Waals surface area contributed by atoms with Crippen molar-refractivity contribution >= 4 is 41.0 Å². The molecule has 3 heterocycles. The Bertz CT molecular complexity index is 1840. The van der Waals surface area contributed by atoms with E-state index in [4.69, 9.17) is 35.3 Å². The van der Waals surface area contributed by atoms with E-state index in [0.717, 1.165) is 16.7 Å². The smallest absolute Gasteiger partial charge is 0.240 e. The molecule has 12 heteroatoms. The molecule has 0 fully saturated rings. The van der Waals surface area contributed by atoms with Crippen LogP contribution >= 0.6 is 23.4 Å². The number of rotatable bonds is 10. The average molecular weight is 659 g/mol. The number of ether oxygens (including phenoxy) is 3. The largest absolute Gasteiger partial charge is 0.497 e. The van der Waals surface area contributed by atoms with E-state index in [-0.39, 0.29) is 35.9 Å². The van der Waals surface area contributed by atoms with Crippen molar-refractivity contribution in [3.05, 3.63) is 107 Å². The molecule has 6 rings (SSSR count). The number of carbonyl (C=O) groups is 2. The molecule has 1 aliphatic rings. The van der Waals surface area contributed by atoms with E-state index in [1.165, 1.54) is 16.7 Å². The van der Waals surface area contributed by atoms with Gasteiger partial charge in [-0.25, -0.2) is 4.68 Å². The van der Waals surface area contributed by atoms with Crippen LogP contribution in [-0.4, -0.2) is 55.2 Å². The van der Waals surface area contributed by atoms with Gasteiger partial charge < -0.3 is 23.9 Å². The minimum absolute atomic E-state index is 0.113. The third-order valence-electron chi connectivity index (χ3n) is 7.58. The Hall–Kier alpha value is -4.87. The summed E-state index contributed by atoms with van der Waals surface area (Å²) in [6.07, 6.45) is 1.54. The number of aromatic nitrogens is 2. The van der Waals surface area contributed by atoms with Crippen molar-refractivity contribution in [2.75, 3.05) is 38.5 Å². The maximum atomic E-state index is 14.0. The van der Waals surface area contributed by atoms with Gasteiger partial charge in [0.2, 0.25) is 11.8 Å². The summed E-state index contributed by atoms with van der Waals surface area (Å²) < 4.78 is 23.6. The molecule has 3 aromatic carbocycles. The summed E-state index contributed by atoms with van der Waals surface area (Å²) in [5, 5.41) is 8.20. The van der Waals surface area contributed by atoms with Crippen molar-refractivity contribution in [2.24, 2.45) is 0 Å². The number of hydrogen-bond donors (Lipinski definition) is 1. The van der Waals surface area contributed by atoms with Crippen LogP contribution in [0.1, 0.15) is 22.1 Å². The molecule has 1 aliphatic heterocycles. The number of methoxy groups -OCH3 is 3. The van der Waals surface area contributed by atoms with Crippen LogP contribution in [0.2, 0.25) is 5.02 Å². The zero-order valence-corrected chi connectivity index (χ0v) is 26.9. The van der Waals surface area contributed by atoms with Crippen LogP contribution in [0.3, 0.4) is 0 Å². The third-order valence-corrected chi connectivity index (χ3v) is 9.08. The number of fused-ring (bicyclic) bond motifs is 1. The first kappa shape index (κ1) is 31.1. The molecule has 1 atom stereocenters. The van der Waals surface area contributed by atoms with Crippen LogP contribution in [0.4, 0.5) is 5.82 Å². The summed E-state index contributed by atoms with van der Waals surface area (Å²) in [7, 11) is 4.77. The van der Waals surface area contributed by atoms with Gasteiger partial charge in [0.25, 0.3) is 0 Å². The SMILES string of the molecule is COc1ccc(-n2nc(-c3ccc(Cl)cc3)c3c2N(CC(=O)NCc2ccco2)C(=O)CS[C@H]3c2ccc(OC)c(OC)c2)cc1. The quantitative estimate of drug-likeness (QED) is 0.186. The lowest BCUT2D eigenvalue weighted by Crippen LogP contribution is -2.42. The van der Waals surface area contributed by atoms with Gasteiger partial charge in [-0.1, -0.05) is 29.8 Å². The summed E-state index contributed by atoms with van der Waals surface area (Å²) in [6.45, 7) is -0.0365. The molecule has 0 saturated heterocycles. The van der Waals surface area contributed by atoms with Crippen molar-refractivity contribution in [3.8, 4) is 34.2 Å². The van der Waals surface area contributed by atoms with E-state index in [1.54, 1.807) is 56.5 Å². The Morgan fingerprint density at radius 1 is 1.00 bits per heavy atom. The van der Waals surface area contributed by atoms with E-state index >= 15 is 0 Å². The van der Waals surface area contributed by atoms with Crippen LogP contribution in [0, 0.1) is 0 Å². The van der Waals surface area contributed by atoms with Gasteiger partial charge in [0.15, 0.2) is 11.5 Å². The molecule has 0 saturated carbocycles. The Balaban J connectivity index is 1.55. The molecule has 46 heavy (non-hydrogen) atoms. The summed E-state index contributed by atoms with van der Waals surface area (Å²) in [4.78, 5) is 28.9. The zero-order chi connectivity index (χ0) is 32.2. The summed E-state index contributed by atoms with van der Waals surface area (Å²) in [5.74, 6) is 2.43. The highest BCUT2D eigenvalue weighted by Crippen LogP contribution is 2.49. The molecule has 2 amide bonds. The molecule has 1 N–H and O–H groups in total. The van der Waals surface area contributed by atoms with Crippen molar-refractivity contribution in [2.45, 2.75) is 11.8 Å². The number of hydrogen-bond acceptors (Lipinski definition) is 8. The highest BCUT2D eigenvalue weighted by Gasteiger charge is 2.38. The fourth-order valence-electron chi connectivity index (χ4n) is 5.32. The highest BCUT2D eigenvalue weighted by atomic mass is 35.5. The van der Waals surface area contributed by atoms with Gasteiger partial charge in [-0.05, 0) is 66.2 Å². The van der Waals surface area contributed by atoms with Crippen molar-refractivity contribution in [1.82, 2.24) is 15.1 Å². The predicted octanol–water partition coefficient (Wildman–Crippen LogP) is 6.30. The topological polar surface area (TPSA) is 108 Å². The first-order valence-corrected chi connectivity index (χ1v) is 15.8. The number of nitrogens with one attached hydrogen (secondary N) is 1. The molecule has 0 unspecified atom stereocenters. The number of benzene rings is 3. The molecule has 2 aromatic heterocycles. The van der Waals surface area contributed by atoms with E-state index < -0.39 is 0 Å². The lowest BCUT2D eigenvalue weighted by Gasteiger charge is -2.23. The molecule has 10 nitrogen and oxygen atoms in total. The zero-order valence-electron chi connectivity index (χ0n) is 25.4. The summed E-state index contributed by atoms with van der Waals surface area (Å²) in [5.41, 5.74) is 3.77. The van der Waals surface area contributed by atoms with E-state index in [0.29, 0.717) is 45.2 Å². The minimum atomic E-state index is -0.368. The Labute approximate surface area is 275 Å². The Morgan fingerprint density at radius 3 is 2.43 bits per heavy atom. The number of halogens is 1. The van der Waals surface area contributed by atoms with Crippen LogP contribution in [0.5, 0.6) is 17.2 Å². The van der Waals surface area contributed by atoms with E-state index in [9.17, 15) is 9.59 Å². The summed E-state index contributed by atoms with van der Waals surface area (Å²) in [6, 6.07) is 24.0. The Morgan fingerprint density at radius 2 is 1.76 bits per heavy atom. The minimum Gasteiger partial charge on any atom is -0.497 e. The third kappa shape index (κ3) is 6.29. The van der Waals surface area contributed by atoms with Gasteiger partial charge in [-0.15, -0.1) is 11.8 Å². The molecule has 0 aliphatic carbocycles. The van der Waals surface area contributed by atoms with Crippen LogP contribution < -0.4 is 24.4 Å². The predicted molar refractivity (Wildman–Crippen MR) is 177 cm³/mol. The van der Waals surface area contributed by atoms with Gasteiger partial charge in [-0.3, -0.25) is 14.5 Å². The standard InChI is InChI=1S/C34H31ClN4O6S/c1-42-25-13-11-24(12-14-25)39-34-31(32(37-39)21-6-9-23(35)10-7-21)33(22-8-15-27(43-2)28(17-22)44-3)46-20-30(41)38(34)19-29(40)36-18-26-5-4-16-45-26/h4-17,33H,18-20H2,1-3H3,(H,36,40)/t33-/m0/s1. The number of furan rings is 1. The lowest BCUT2D eigenvalue weighted by atomic mass is 9.99. The normalized spacial score (nSPS) is 14.4. The number of thioether (sulfide) groups is 1. The molecular formula is C34H31ClN4O6S. The first-order valence-electron chi connectivity index (χ1n) is 14.4. The number of anilines is 1. The lowest BCUT2D eigenvalue weighted by molar-refractivity contribution is -0.123. The second kappa shape index (κ2) is 13.6. The number of amides is 2. The monoisotopic (exact) mass is 658 g/mol.